The van der Waals surface area contributed by atoms with Crippen LogP contribution in [-0.4, -0.2) is 24.1 Å². The molecule has 0 radical (unpaired) electrons. The van der Waals surface area contributed by atoms with Crippen molar-refractivity contribution in [2.24, 2.45) is 10.2 Å². The molecule has 6 nitrogen and oxygen atoms in total. The Morgan fingerprint density at radius 2 is 1.96 bits per heavy atom. The van der Waals surface area contributed by atoms with Crippen molar-refractivity contribution in [1.82, 2.24) is 5.32 Å². The Morgan fingerprint density at radius 1 is 1.12 bits per heavy atom. The number of amides is 1. The Morgan fingerprint density at radius 3 is 2.83 bits per heavy atom. The molecular weight excluding hydrogens is 326 g/mol. The van der Waals surface area contributed by atoms with Gasteiger partial charge in [-0.25, -0.2) is 0 Å². The first-order chi connectivity index (χ1) is 11.8. The molecule has 2 aliphatic rings. The van der Waals surface area contributed by atoms with E-state index in [2.05, 4.69) is 15.5 Å². The molecule has 0 bridgehead atoms. The molecule has 1 atom stereocenters. The number of nitrogens with one attached hydrogen (secondary N) is 1. The monoisotopic (exact) mass is 339 g/mol. The quantitative estimate of drug-likeness (QED) is 0.689. The van der Waals surface area contributed by atoms with E-state index in [1.165, 1.54) is 11.8 Å². The van der Waals surface area contributed by atoms with Crippen molar-refractivity contribution in [1.29, 1.82) is 0 Å². The summed E-state index contributed by atoms with van der Waals surface area (Å²) in [6.45, 7) is 0.238. The van der Waals surface area contributed by atoms with E-state index in [0.29, 0.717) is 10.9 Å². The molecule has 2 aromatic carbocycles. The highest BCUT2D eigenvalue weighted by atomic mass is 32.2. The molecule has 1 saturated heterocycles. The summed E-state index contributed by atoms with van der Waals surface area (Å²) in [6, 6.07) is 15.1. The van der Waals surface area contributed by atoms with Gasteiger partial charge < -0.3 is 14.8 Å². The van der Waals surface area contributed by atoms with Gasteiger partial charge in [0.1, 0.15) is 5.25 Å². The Hall–Kier alpha value is -2.80. The van der Waals surface area contributed by atoms with Gasteiger partial charge in [0, 0.05) is 0 Å². The van der Waals surface area contributed by atoms with Crippen LogP contribution >= 0.6 is 11.8 Å². The molecule has 120 valence electrons. The fraction of sp³-hybridized carbons (Fsp3) is 0.118. The van der Waals surface area contributed by atoms with Crippen LogP contribution in [0.1, 0.15) is 16.4 Å². The smallest absolute Gasteiger partial charge is 0.244 e. The van der Waals surface area contributed by atoms with Crippen molar-refractivity contribution < 1.29 is 14.3 Å². The normalized spacial score (nSPS) is 20.8. The lowest BCUT2D eigenvalue weighted by atomic mass is 10.1. The number of ether oxygens (including phenoxy) is 2. The van der Waals surface area contributed by atoms with E-state index in [1.54, 1.807) is 6.21 Å². The van der Waals surface area contributed by atoms with Gasteiger partial charge in [-0.1, -0.05) is 42.1 Å². The zero-order chi connectivity index (χ0) is 16.4. The lowest BCUT2D eigenvalue weighted by Gasteiger charge is -2.03. The average molecular weight is 339 g/mol. The van der Waals surface area contributed by atoms with Crippen LogP contribution < -0.4 is 14.8 Å². The van der Waals surface area contributed by atoms with Crippen LogP contribution in [0.3, 0.4) is 0 Å². The van der Waals surface area contributed by atoms with Gasteiger partial charge in [0.25, 0.3) is 0 Å². The number of amidine groups is 1. The number of carbonyl (C=O) groups is 1. The molecular formula is C17H13N3O3S. The van der Waals surface area contributed by atoms with Gasteiger partial charge in [0.05, 0.1) is 6.21 Å². The minimum absolute atomic E-state index is 0.0803. The molecule has 1 N–H and O–H groups in total. The Labute approximate surface area is 142 Å². The zero-order valence-electron chi connectivity index (χ0n) is 12.5. The van der Waals surface area contributed by atoms with Gasteiger partial charge in [-0.05, 0) is 29.3 Å². The third kappa shape index (κ3) is 2.98. The summed E-state index contributed by atoms with van der Waals surface area (Å²) in [7, 11) is 0. The van der Waals surface area contributed by atoms with E-state index in [-0.39, 0.29) is 18.0 Å². The Bertz CT molecular complexity index is 836. The summed E-state index contributed by atoms with van der Waals surface area (Å²) in [5, 5.41) is 11.1. The van der Waals surface area contributed by atoms with E-state index >= 15 is 0 Å². The van der Waals surface area contributed by atoms with Crippen LogP contribution in [0, 0.1) is 0 Å². The number of nitrogens with zero attached hydrogens (tertiary/aromatic N) is 2. The molecule has 2 aromatic rings. The van der Waals surface area contributed by atoms with Gasteiger partial charge in [0.2, 0.25) is 12.7 Å². The number of rotatable bonds is 3. The molecule has 0 aliphatic carbocycles. The van der Waals surface area contributed by atoms with Crippen LogP contribution in [0.25, 0.3) is 0 Å². The molecule has 1 fully saturated rings. The Kier molecular flexibility index (Phi) is 3.92. The van der Waals surface area contributed by atoms with Crippen molar-refractivity contribution in [2.45, 2.75) is 5.25 Å². The van der Waals surface area contributed by atoms with E-state index in [4.69, 9.17) is 9.47 Å². The van der Waals surface area contributed by atoms with Crippen LogP contribution in [0.5, 0.6) is 11.5 Å². The first-order valence-corrected chi connectivity index (χ1v) is 8.21. The van der Waals surface area contributed by atoms with E-state index in [9.17, 15) is 4.79 Å². The molecule has 7 heteroatoms. The maximum atomic E-state index is 12.1. The molecule has 1 unspecified atom stereocenters. The molecule has 24 heavy (non-hydrogen) atoms. The van der Waals surface area contributed by atoms with E-state index < -0.39 is 0 Å². The molecule has 0 aromatic heterocycles. The number of thioether (sulfide) groups is 1. The van der Waals surface area contributed by atoms with Crippen molar-refractivity contribution in [3.8, 4) is 11.5 Å². The van der Waals surface area contributed by atoms with Crippen LogP contribution in [0.15, 0.2) is 58.7 Å². The van der Waals surface area contributed by atoms with E-state index in [0.717, 1.165) is 16.9 Å². The minimum Gasteiger partial charge on any atom is -0.454 e. The highest BCUT2D eigenvalue weighted by Gasteiger charge is 2.31. The summed E-state index contributed by atoms with van der Waals surface area (Å²) in [4.78, 5) is 12.1. The maximum absolute atomic E-state index is 12.1. The number of carbonyl (C=O) groups excluding carboxylic acids is 1. The molecule has 4 rings (SSSR count). The maximum Gasteiger partial charge on any atom is 0.244 e. The third-order valence-corrected chi connectivity index (χ3v) is 4.68. The molecule has 2 heterocycles. The van der Waals surface area contributed by atoms with Crippen LogP contribution in [0.4, 0.5) is 0 Å². The summed E-state index contributed by atoms with van der Waals surface area (Å²) >= 11 is 1.36. The largest absolute Gasteiger partial charge is 0.454 e. The lowest BCUT2D eigenvalue weighted by Crippen LogP contribution is -2.21. The van der Waals surface area contributed by atoms with Crippen LogP contribution in [-0.2, 0) is 4.79 Å². The second-order valence-corrected chi connectivity index (χ2v) is 6.25. The third-order valence-electron chi connectivity index (χ3n) is 3.55. The number of fused-ring (bicyclic) bond motifs is 1. The van der Waals surface area contributed by atoms with Crippen molar-refractivity contribution in [2.75, 3.05) is 6.79 Å². The van der Waals surface area contributed by atoms with Crippen molar-refractivity contribution >= 4 is 29.1 Å². The lowest BCUT2D eigenvalue weighted by molar-refractivity contribution is -0.118. The molecule has 1 amide bonds. The predicted octanol–water partition coefficient (Wildman–Crippen LogP) is 2.71. The van der Waals surface area contributed by atoms with Gasteiger partial charge >= 0.3 is 0 Å². The SMILES string of the molecule is O=C1N/C(=N/N=C/c2ccc3c(c2)OCO3)SC1c1ccccc1. The first-order valence-electron chi connectivity index (χ1n) is 7.33. The molecule has 0 spiro atoms. The fourth-order valence-corrected chi connectivity index (χ4v) is 3.34. The van der Waals surface area contributed by atoms with Crippen molar-refractivity contribution in [3.63, 3.8) is 0 Å². The standard InChI is InChI=1S/C17H13N3O3S/c21-16-15(12-4-2-1-3-5-12)24-17(19-16)20-18-9-11-6-7-13-14(8-11)23-10-22-13/h1-9,15H,10H2,(H,19,20,21)/b18-9+. The fourth-order valence-electron chi connectivity index (χ4n) is 2.40. The summed E-state index contributed by atoms with van der Waals surface area (Å²) in [5.41, 5.74) is 1.79. The highest BCUT2D eigenvalue weighted by Crippen LogP contribution is 2.34. The topological polar surface area (TPSA) is 72.3 Å². The molecule has 0 saturated carbocycles. The summed E-state index contributed by atoms with van der Waals surface area (Å²) in [5.74, 6) is 1.34. The number of benzene rings is 2. The van der Waals surface area contributed by atoms with Gasteiger partial charge in [0.15, 0.2) is 16.7 Å². The minimum atomic E-state index is -0.286. The average Bonchev–Trinajstić information content (AvgIpc) is 3.21. The predicted molar refractivity (Wildman–Crippen MR) is 92.5 cm³/mol. The number of hydrogen-bond donors (Lipinski definition) is 1. The van der Waals surface area contributed by atoms with Gasteiger partial charge in [-0.3, -0.25) is 4.79 Å². The van der Waals surface area contributed by atoms with Gasteiger partial charge in [-0.2, -0.15) is 5.10 Å². The second-order valence-electron chi connectivity index (χ2n) is 5.16. The Balaban J connectivity index is 1.46. The highest BCUT2D eigenvalue weighted by molar-refractivity contribution is 8.15. The van der Waals surface area contributed by atoms with Crippen molar-refractivity contribution in [3.05, 3.63) is 59.7 Å². The van der Waals surface area contributed by atoms with Gasteiger partial charge in [-0.15, -0.1) is 5.10 Å². The summed E-state index contributed by atoms with van der Waals surface area (Å²) < 4.78 is 10.6. The second kappa shape index (κ2) is 6.37. The number of hydrogen-bond acceptors (Lipinski definition) is 6. The summed E-state index contributed by atoms with van der Waals surface area (Å²) in [6.07, 6.45) is 1.61. The first kappa shape index (κ1) is 14.8. The molecule has 2 aliphatic heterocycles. The van der Waals surface area contributed by atoms with E-state index in [1.807, 2.05) is 48.5 Å². The van der Waals surface area contributed by atoms with Crippen LogP contribution in [0.2, 0.25) is 0 Å². The zero-order valence-corrected chi connectivity index (χ0v) is 13.3.